The van der Waals surface area contributed by atoms with Crippen LogP contribution in [0.15, 0.2) is 243 Å². The first kappa shape index (κ1) is 58.5. The molecule has 0 aromatic heterocycles. The largest absolute Gasteiger partial charge is 1.00 e. The fraction of sp³-hybridized carbons (Fsp3) is 0.0385. The predicted octanol–water partition coefficient (Wildman–Crippen LogP) is 3.79. The number of hydrogen-bond donors (Lipinski definition) is 0. The normalized spacial score (nSPS) is 13.3. The average Bonchev–Trinajstić information content (AvgIpc) is 3.35. The summed E-state index contributed by atoms with van der Waals surface area (Å²) < 4.78 is 85.6. The summed E-state index contributed by atoms with van der Waals surface area (Å²) in [7, 11) is -9.59. The minimum absolute atomic E-state index is 0. The molecule has 8 aromatic carbocycles. The summed E-state index contributed by atoms with van der Waals surface area (Å²) in [5.41, 5.74) is 0. The van der Waals surface area contributed by atoms with Crippen LogP contribution in [0.1, 0.15) is 0 Å². The van der Waals surface area contributed by atoms with E-state index in [0.717, 1.165) is 21.2 Å². The fourth-order valence-electron chi connectivity index (χ4n) is 8.34. The molecule has 0 aliphatic carbocycles. The zero-order valence-corrected chi connectivity index (χ0v) is 48.5. The van der Waals surface area contributed by atoms with Crippen molar-refractivity contribution in [2.75, 3.05) is 13.3 Å². The van der Waals surface area contributed by atoms with Gasteiger partial charge in [-0.05, 0) is 0 Å². The van der Waals surface area contributed by atoms with E-state index in [-0.39, 0.29) is 44.8 Å². The van der Waals surface area contributed by atoms with Crippen LogP contribution in [0.25, 0.3) is 0 Å². The standard InChI is InChI=1S/2C26H24ClO4P2S.2Au/c2*1-33(31-27(28,29)30,25-18-10-4-11-19-25,26-20-12-5-13-21-26)22-32(34,23-14-6-2-7-15-23)24-16-8-3-9-17-24;;/h2*2-22H,1H3;;/q2*-1;2*+1. The average molecular weight is 1450 g/mol. The van der Waals surface area contributed by atoms with Crippen LogP contribution >= 0.6 is 25.7 Å². The Morgan fingerprint density at radius 2 is 0.486 bits per heavy atom. The van der Waals surface area contributed by atoms with Gasteiger partial charge in [0.05, 0.1) is 0 Å². The Bertz CT molecular complexity index is 2620. The Hall–Kier alpha value is -2.34. The third-order valence-electron chi connectivity index (χ3n) is 11.6. The second-order valence-corrected chi connectivity index (χ2v) is 37.1. The van der Waals surface area contributed by atoms with Crippen LogP contribution in [0.2, 0.25) is 0 Å². The first-order valence-corrected chi connectivity index (χ1v) is 34.5. The van der Waals surface area contributed by atoms with Crippen molar-refractivity contribution in [3.8, 4) is 0 Å². The van der Waals surface area contributed by atoms with Crippen LogP contribution < -0.4 is 70.4 Å². The summed E-state index contributed by atoms with van der Waals surface area (Å²) in [4.78, 5) is 0. The van der Waals surface area contributed by atoms with Crippen LogP contribution in [0.5, 0.6) is 0 Å². The van der Waals surface area contributed by atoms with Crippen molar-refractivity contribution in [2.45, 2.75) is 0 Å². The van der Waals surface area contributed by atoms with Crippen LogP contribution in [0.4, 0.5) is 0 Å². The molecule has 0 bridgehead atoms. The molecule has 372 valence electrons. The molecule has 0 unspecified atom stereocenters. The van der Waals surface area contributed by atoms with E-state index < -0.39 is 46.2 Å². The van der Waals surface area contributed by atoms with E-state index in [4.69, 9.17) is 31.8 Å². The first-order chi connectivity index (χ1) is 32.3. The molecule has 8 nitrogen and oxygen atoms in total. The van der Waals surface area contributed by atoms with Gasteiger partial charge in [0.15, 0.2) is 0 Å². The van der Waals surface area contributed by atoms with Crippen molar-refractivity contribution in [2.24, 2.45) is 0 Å². The summed E-state index contributed by atoms with van der Waals surface area (Å²) in [5, 5.41) is 5.93. The van der Waals surface area contributed by atoms with E-state index in [1.807, 2.05) is 206 Å². The number of rotatable bonds is 16. The molecule has 0 aliphatic rings. The summed E-state index contributed by atoms with van der Waals surface area (Å²) in [6.45, 7) is -5.12. The van der Waals surface area contributed by atoms with E-state index in [1.54, 1.807) is 61.9 Å². The van der Waals surface area contributed by atoms with Crippen LogP contribution in [-0.4, -0.2) is 13.3 Å². The van der Waals surface area contributed by atoms with Crippen molar-refractivity contribution < 1.29 is 101 Å². The molecule has 0 fully saturated rings. The third kappa shape index (κ3) is 12.9. The van der Waals surface area contributed by atoms with Crippen LogP contribution in [0, 0.1) is 32.3 Å². The van der Waals surface area contributed by atoms with Gasteiger partial charge in [-0.2, -0.15) is 0 Å². The molecule has 0 spiro atoms. The van der Waals surface area contributed by atoms with Crippen molar-refractivity contribution in [1.29, 1.82) is 0 Å². The topological polar surface area (TPSA) is 157 Å². The molecule has 8 aromatic rings. The van der Waals surface area contributed by atoms with E-state index in [9.17, 15) is 28.0 Å². The van der Waals surface area contributed by atoms with Gasteiger partial charge in [0.25, 0.3) is 0 Å². The zero-order valence-electron chi connectivity index (χ0n) is 37.5. The van der Waals surface area contributed by atoms with Gasteiger partial charge >= 0.3 is 461 Å². The Morgan fingerprint density at radius 3 is 0.643 bits per heavy atom. The summed E-state index contributed by atoms with van der Waals surface area (Å²) in [6.07, 6.45) is 0. The Kier molecular flexibility index (Phi) is 20.0. The molecular weight excluding hydrogens is 1410 g/mol. The maximum atomic E-state index is 12.3. The zero-order chi connectivity index (χ0) is 48.6. The minimum atomic E-state index is -4.80. The maximum Gasteiger partial charge on any atom is 1.00 e. The quantitative estimate of drug-likeness (QED) is 0.0793. The van der Waals surface area contributed by atoms with E-state index in [1.165, 1.54) is 0 Å². The van der Waals surface area contributed by atoms with Gasteiger partial charge in [-0.25, -0.2) is 0 Å². The third-order valence-corrected chi connectivity index (χ3v) is 37.6. The molecule has 0 atom stereocenters. The van der Waals surface area contributed by atoms with Crippen molar-refractivity contribution in [3.05, 3.63) is 254 Å². The summed E-state index contributed by atoms with van der Waals surface area (Å²) in [5.74, 6) is 3.79. The molecule has 0 heterocycles. The smallest absolute Gasteiger partial charge is 1.00 e. The van der Waals surface area contributed by atoms with Gasteiger partial charge in [-0.1, -0.05) is 0 Å². The van der Waals surface area contributed by atoms with E-state index >= 15 is 0 Å². The Morgan fingerprint density at radius 1 is 0.329 bits per heavy atom. The molecule has 18 heteroatoms. The second kappa shape index (κ2) is 23.9. The van der Waals surface area contributed by atoms with Crippen LogP contribution in [-0.2, 0) is 76.5 Å². The molecule has 0 N–H and O–H groups in total. The predicted molar refractivity (Wildman–Crippen MR) is 274 cm³/mol. The van der Waals surface area contributed by atoms with Gasteiger partial charge in [0, 0.05) is 0 Å². The molecule has 8 rings (SSSR count). The molecule has 0 saturated heterocycles. The number of hydrogen-bond acceptors (Lipinski definition) is 10. The molecule has 0 radical (unpaired) electrons. The minimum Gasteiger partial charge on any atom is 1.00 e. The fourth-order valence-corrected chi connectivity index (χ4v) is 37.4. The van der Waals surface area contributed by atoms with Gasteiger partial charge in [0.2, 0.25) is 0 Å². The molecular formula is C52H48Au2Cl2O8P4S2. The first-order valence-electron chi connectivity index (χ1n) is 21.0. The van der Waals surface area contributed by atoms with Crippen molar-refractivity contribution in [3.63, 3.8) is 0 Å². The van der Waals surface area contributed by atoms with Gasteiger partial charge < -0.3 is 0 Å². The Balaban J connectivity index is 0.000000254. The SMILES string of the molecule is CP([CH-]P(=S)(c1ccccc1)c1ccccc1)(O[Cl+3]([O-])([O-])[O-])(c1ccccc1)c1ccccc1.CP([CH-]P(=S)(c1ccccc1)c1ccccc1)(O[Cl+3]([O-])([O-])[O-])(c1ccccc1)c1ccccc1.[Au+].[Au+]. The molecule has 0 amide bonds. The van der Waals surface area contributed by atoms with Gasteiger partial charge in [-0.3, -0.25) is 0 Å². The molecule has 70 heavy (non-hydrogen) atoms. The van der Waals surface area contributed by atoms with Gasteiger partial charge in [-0.15, -0.1) is 0 Å². The summed E-state index contributed by atoms with van der Waals surface area (Å²) >= 11 is 12.9. The van der Waals surface area contributed by atoms with E-state index in [2.05, 4.69) is 0 Å². The molecule has 0 saturated carbocycles. The number of benzene rings is 8. The van der Waals surface area contributed by atoms with Gasteiger partial charge in [0.1, 0.15) is 0 Å². The maximum absolute atomic E-state index is 12.3. The summed E-state index contributed by atoms with van der Waals surface area (Å²) in [6, 6.07) is 69.2. The number of halogens is 2. The second-order valence-electron chi connectivity index (χ2n) is 16.2. The van der Waals surface area contributed by atoms with E-state index in [0.29, 0.717) is 21.2 Å². The van der Waals surface area contributed by atoms with Crippen LogP contribution in [0.3, 0.4) is 0 Å². The molecule has 0 aliphatic heterocycles. The van der Waals surface area contributed by atoms with Crippen molar-refractivity contribution >= 4 is 91.8 Å². The van der Waals surface area contributed by atoms with Crippen molar-refractivity contribution in [1.82, 2.24) is 0 Å². The monoisotopic (exact) mass is 1450 g/mol. The Labute approximate surface area is 456 Å².